The van der Waals surface area contributed by atoms with E-state index in [2.05, 4.69) is 20.4 Å². The smallest absolute Gasteiger partial charge is 0.277 e. The summed E-state index contributed by atoms with van der Waals surface area (Å²) in [5.41, 5.74) is 7.34. The van der Waals surface area contributed by atoms with Crippen molar-refractivity contribution in [2.75, 3.05) is 18.5 Å². The third-order valence-corrected chi connectivity index (χ3v) is 4.88. The average molecular weight is 410 g/mol. The Balaban J connectivity index is 1.51. The van der Waals surface area contributed by atoms with E-state index < -0.39 is 11.8 Å². The van der Waals surface area contributed by atoms with Crippen LogP contribution in [0.4, 0.5) is 5.69 Å². The van der Waals surface area contributed by atoms with E-state index in [1.54, 1.807) is 23.1 Å². The molecule has 1 atom stereocenters. The molecule has 1 saturated heterocycles. The van der Waals surface area contributed by atoms with Gasteiger partial charge in [-0.1, -0.05) is 6.92 Å². The van der Waals surface area contributed by atoms with E-state index in [4.69, 9.17) is 14.9 Å². The summed E-state index contributed by atoms with van der Waals surface area (Å²) in [5, 5.41) is 6.86. The van der Waals surface area contributed by atoms with Gasteiger partial charge in [-0.25, -0.2) is 4.98 Å². The highest BCUT2D eigenvalue weighted by Gasteiger charge is 2.22. The predicted molar refractivity (Wildman–Crippen MR) is 107 cm³/mol. The Bertz CT molecular complexity index is 1070. The fourth-order valence-corrected chi connectivity index (χ4v) is 3.28. The van der Waals surface area contributed by atoms with Gasteiger partial charge in [0.1, 0.15) is 6.26 Å². The lowest BCUT2D eigenvalue weighted by Gasteiger charge is -2.06. The molecule has 0 spiro atoms. The van der Waals surface area contributed by atoms with Gasteiger partial charge in [-0.2, -0.15) is 5.10 Å². The van der Waals surface area contributed by atoms with Gasteiger partial charge in [0.25, 0.3) is 11.8 Å². The summed E-state index contributed by atoms with van der Waals surface area (Å²) in [4.78, 5) is 32.9. The fourth-order valence-electron chi connectivity index (χ4n) is 3.28. The minimum Gasteiger partial charge on any atom is -0.444 e. The summed E-state index contributed by atoms with van der Waals surface area (Å²) in [5.74, 6) is -0.637. The number of hydrogen-bond acceptors (Lipinski definition) is 7. The maximum atomic E-state index is 12.7. The maximum Gasteiger partial charge on any atom is 0.277 e. The Labute approximate surface area is 172 Å². The SMILES string of the molecule is CCc1cc(-c2nc(C(=O)Nc3cn(CC4CCOC4)nc3C(N)=O)co2)ccn1. The first-order chi connectivity index (χ1) is 14.5. The molecule has 4 rings (SSSR count). The molecule has 0 aromatic carbocycles. The van der Waals surface area contributed by atoms with Crippen LogP contribution in [0.25, 0.3) is 11.5 Å². The lowest BCUT2D eigenvalue weighted by atomic mass is 10.1. The number of carbonyl (C=O) groups is 2. The van der Waals surface area contributed by atoms with Crippen LogP contribution in [0.5, 0.6) is 0 Å². The third-order valence-electron chi connectivity index (χ3n) is 4.88. The molecule has 30 heavy (non-hydrogen) atoms. The topological polar surface area (TPSA) is 138 Å². The standard InChI is InChI=1S/C20H22N6O4/c1-2-14-7-13(3-5-22-14)20-24-16(11-30-20)19(28)23-15-9-26(25-17(15)18(21)27)8-12-4-6-29-10-12/h3,5,7,9,11-12H,2,4,6,8,10H2,1H3,(H2,21,27)(H,23,28). The van der Waals surface area contributed by atoms with Gasteiger partial charge in [0.05, 0.1) is 12.3 Å². The summed E-state index contributed by atoms with van der Waals surface area (Å²) in [7, 11) is 0. The number of oxazole rings is 1. The van der Waals surface area contributed by atoms with Crippen LogP contribution in [-0.2, 0) is 17.7 Å². The summed E-state index contributed by atoms with van der Waals surface area (Å²) in [6.45, 7) is 3.93. The summed E-state index contributed by atoms with van der Waals surface area (Å²) in [6, 6.07) is 3.62. The van der Waals surface area contributed by atoms with Crippen LogP contribution >= 0.6 is 0 Å². The number of rotatable bonds is 7. The van der Waals surface area contributed by atoms with E-state index in [-0.39, 0.29) is 17.1 Å². The van der Waals surface area contributed by atoms with Gasteiger partial charge in [0, 0.05) is 42.7 Å². The predicted octanol–water partition coefficient (Wildman–Crippen LogP) is 1.88. The number of nitrogens with one attached hydrogen (secondary N) is 1. The number of hydrogen-bond donors (Lipinski definition) is 2. The number of nitrogens with zero attached hydrogens (tertiary/aromatic N) is 4. The number of aromatic nitrogens is 4. The highest BCUT2D eigenvalue weighted by atomic mass is 16.5. The largest absolute Gasteiger partial charge is 0.444 e. The average Bonchev–Trinajstić information content (AvgIpc) is 3.49. The van der Waals surface area contributed by atoms with Gasteiger partial charge in [-0.3, -0.25) is 19.3 Å². The molecule has 2 amide bonds. The molecule has 4 heterocycles. The second-order valence-electron chi connectivity index (χ2n) is 7.09. The van der Waals surface area contributed by atoms with Crippen molar-refractivity contribution in [3.05, 3.63) is 47.9 Å². The number of aryl methyl sites for hydroxylation is 1. The molecule has 1 aliphatic heterocycles. The van der Waals surface area contributed by atoms with Gasteiger partial charge >= 0.3 is 0 Å². The maximum absolute atomic E-state index is 12.7. The number of amides is 2. The molecule has 0 saturated carbocycles. The first-order valence-electron chi connectivity index (χ1n) is 9.70. The number of ether oxygens (including phenoxy) is 1. The summed E-state index contributed by atoms with van der Waals surface area (Å²) >= 11 is 0. The fraction of sp³-hybridized carbons (Fsp3) is 0.350. The van der Waals surface area contributed by atoms with Crippen molar-refractivity contribution in [3.63, 3.8) is 0 Å². The van der Waals surface area contributed by atoms with Gasteiger partial charge in [-0.05, 0) is 25.0 Å². The molecular weight excluding hydrogens is 388 g/mol. The normalized spacial score (nSPS) is 16.0. The molecule has 3 aromatic rings. The van der Waals surface area contributed by atoms with Gasteiger partial charge in [0.2, 0.25) is 5.89 Å². The zero-order chi connectivity index (χ0) is 21.1. The highest BCUT2D eigenvalue weighted by molar-refractivity contribution is 6.07. The molecule has 0 radical (unpaired) electrons. The van der Waals surface area contributed by atoms with Crippen molar-refractivity contribution in [1.29, 1.82) is 0 Å². The van der Waals surface area contributed by atoms with E-state index in [1.165, 1.54) is 6.26 Å². The van der Waals surface area contributed by atoms with Gasteiger partial charge in [0.15, 0.2) is 11.4 Å². The summed E-state index contributed by atoms with van der Waals surface area (Å²) in [6.07, 6.45) is 6.22. The van der Waals surface area contributed by atoms with Crippen LogP contribution in [0.15, 0.2) is 35.2 Å². The zero-order valence-electron chi connectivity index (χ0n) is 16.5. The Hall–Kier alpha value is -3.53. The van der Waals surface area contributed by atoms with Crippen molar-refractivity contribution in [2.24, 2.45) is 11.7 Å². The summed E-state index contributed by atoms with van der Waals surface area (Å²) < 4.78 is 12.4. The molecule has 1 aliphatic rings. The lowest BCUT2D eigenvalue weighted by molar-refractivity contribution is 0.0995. The molecule has 1 unspecified atom stereocenters. The van der Waals surface area contributed by atoms with Gasteiger partial charge < -0.3 is 20.2 Å². The van der Waals surface area contributed by atoms with E-state index in [9.17, 15) is 9.59 Å². The molecule has 1 fully saturated rings. The van der Waals surface area contributed by atoms with Crippen LogP contribution in [0.1, 0.15) is 40.0 Å². The number of pyridine rings is 1. The van der Waals surface area contributed by atoms with Crippen LogP contribution in [0, 0.1) is 5.92 Å². The Morgan fingerprint density at radius 1 is 1.40 bits per heavy atom. The minimum atomic E-state index is -0.726. The Kier molecular flexibility index (Phi) is 5.57. The van der Waals surface area contributed by atoms with Crippen molar-refractivity contribution in [1.82, 2.24) is 19.7 Å². The zero-order valence-corrected chi connectivity index (χ0v) is 16.5. The first-order valence-corrected chi connectivity index (χ1v) is 9.70. The second kappa shape index (κ2) is 8.46. The molecule has 0 aliphatic carbocycles. The van der Waals surface area contributed by atoms with E-state index in [0.29, 0.717) is 31.6 Å². The van der Waals surface area contributed by atoms with Crippen molar-refractivity contribution in [2.45, 2.75) is 26.3 Å². The molecule has 3 aromatic heterocycles. The number of primary amides is 1. The number of anilines is 1. The molecular formula is C20H22N6O4. The van der Waals surface area contributed by atoms with Crippen LogP contribution in [0.2, 0.25) is 0 Å². The minimum absolute atomic E-state index is 0.00675. The van der Waals surface area contributed by atoms with E-state index in [0.717, 1.165) is 24.1 Å². The van der Waals surface area contributed by atoms with Crippen LogP contribution < -0.4 is 11.1 Å². The number of nitrogens with two attached hydrogens (primary N) is 1. The third kappa shape index (κ3) is 4.23. The molecule has 10 heteroatoms. The molecule has 10 nitrogen and oxygen atoms in total. The Morgan fingerprint density at radius 3 is 3.00 bits per heavy atom. The highest BCUT2D eigenvalue weighted by Crippen LogP contribution is 2.21. The van der Waals surface area contributed by atoms with E-state index >= 15 is 0 Å². The van der Waals surface area contributed by atoms with Crippen LogP contribution in [-0.4, -0.2) is 44.8 Å². The van der Waals surface area contributed by atoms with Crippen molar-refractivity contribution in [3.8, 4) is 11.5 Å². The van der Waals surface area contributed by atoms with Gasteiger partial charge in [-0.15, -0.1) is 0 Å². The first kappa shape index (κ1) is 19.8. The second-order valence-corrected chi connectivity index (χ2v) is 7.09. The van der Waals surface area contributed by atoms with E-state index in [1.807, 2.05) is 13.0 Å². The van der Waals surface area contributed by atoms with Crippen molar-refractivity contribution < 1.29 is 18.7 Å². The lowest BCUT2D eigenvalue weighted by Crippen LogP contribution is -2.18. The quantitative estimate of drug-likeness (QED) is 0.606. The van der Waals surface area contributed by atoms with Crippen molar-refractivity contribution >= 4 is 17.5 Å². The molecule has 0 bridgehead atoms. The monoisotopic (exact) mass is 410 g/mol. The van der Waals surface area contributed by atoms with Crippen LogP contribution in [0.3, 0.4) is 0 Å². The number of carbonyl (C=O) groups excluding carboxylic acids is 2. The Morgan fingerprint density at radius 2 is 2.27 bits per heavy atom. The molecule has 156 valence electrons. The molecule has 3 N–H and O–H groups in total.